The summed E-state index contributed by atoms with van der Waals surface area (Å²) < 4.78 is 1.26. The molecule has 0 aliphatic carbocycles. The normalized spacial score (nSPS) is 4.16. The van der Waals surface area contributed by atoms with Crippen LogP contribution in [0.5, 0.6) is 0 Å². The minimum atomic E-state index is 0. The molecule has 0 bridgehead atoms. The smallest absolute Gasteiger partial charge is 0.512 e. The molecule has 109 valence electrons. The van der Waals surface area contributed by atoms with Crippen molar-refractivity contribution in [3.8, 4) is 0 Å². The van der Waals surface area contributed by atoms with Crippen molar-refractivity contribution in [2.75, 3.05) is 0 Å². The van der Waals surface area contributed by atoms with E-state index < -0.39 is 0 Å². The van der Waals surface area contributed by atoms with Crippen molar-refractivity contribution in [1.29, 1.82) is 31.6 Å². The summed E-state index contributed by atoms with van der Waals surface area (Å²) in [5.41, 5.74) is 2.97. The predicted molar refractivity (Wildman–Crippen MR) is 69.4 cm³/mol. The zero-order chi connectivity index (χ0) is 18.1. The van der Waals surface area contributed by atoms with E-state index in [4.69, 9.17) is 71.0 Å². The van der Waals surface area contributed by atoms with Crippen molar-refractivity contribution < 1.29 is 171 Å². The number of benzene rings is 1. The van der Waals surface area contributed by atoms with E-state index in [-0.39, 0.29) is 171 Å². The van der Waals surface area contributed by atoms with Crippen LogP contribution in [-0.4, -0.2) is 4.98 Å². The molecule has 0 unspecified atom stereocenters. The van der Waals surface area contributed by atoms with E-state index in [1.165, 1.54) is 4.70 Å². The van der Waals surface area contributed by atoms with Gasteiger partial charge < -0.3 is 71.0 Å². The Morgan fingerprint density at radius 3 is 1.28 bits per heavy atom. The molecule has 1 heterocycles. The van der Waals surface area contributed by atoms with Crippen molar-refractivity contribution >= 4 is 21.6 Å². The molecule has 1 aromatic heterocycles. The van der Waals surface area contributed by atoms with E-state index in [0.29, 0.717) is 0 Å². The fourth-order valence-electron chi connectivity index (χ4n) is 0.803. The van der Waals surface area contributed by atoms with Crippen LogP contribution >= 0.6 is 11.3 Å². The predicted octanol–water partition coefficient (Wildman–Crippen LogP) is -6.12. The summed E-state index contributed by atoms with van der Waals surface area (Å²) in [4.78, 5) is 4.14. The first-order valence-corrected chi connectivity index (χ1v) is 4.97. The quantitative estimate of drug-likeness (QED) is 0.277. The first-order chi connectivity index (χ1) is 10.5. The summed E-state index contributed by atoms with van der Waals surface area (Å²) in [5, 5.41) is 37.5. The number of para-hydroxylation sites is 1. The second kappa shape index (κ2) is 72.8. The SMILES string of the molecule is [C-]#N.[C-]#N.[C-]#N.[C-]#N.[C-]#N.[C-]#N.[Fe+3].[K+].[K+].[K+].c1ccc2scnc2c1. The second-order valence-electron chi connectivity index (χ2n) is 1.82. The van der Waals surface area contributed by atoms with Crippen LogP contribution in [0, 0.1) is 71.0 Å². The zero-order valence-corrected chi connectivity index (χ0v) is 25.1. The van der Waals surface area contributed by atoms with Crippen molar-refractivity contribution in [3.63, 3.8) is 0 Å². The molecule has 0 atom stereocenters. The van der Waals surface area contributed by atoms with Crippen molar-refractivity contribution in [3.05, 3.63) is 69.2 Å². The van der Waals surface area contributed by atoms with Gasteiger partial charge in [0.15, 0.2) is 0 Å². The van der Waals surface area contributed by atoms with Crippen molar-refractivity contribution in [2.45, 2.75) is 0 Å². The molecule has 0 aliphatic rings. The Balaban J connectivity index is -0.0000000202. The minimum absolute atomic E-state index is 0. The van der Waals surface area contributed by atoms with Gasteiger partial charge >= 0.3 is 171 Å². The molecule has 12 heteroatoms. The molecule has 7 nitrogen and oxygen atoms in total. The van der Waals surface area contributed by atoms with Crippen LogP contribution in [0.1, 0.15) is 0 Å². The maximum atomic E-state index is 6.25. The molecule has 0 saturated heterocycles. The van der Waals surface area contributed by atoms with Gasteiger partial charge in [-0.05, 0) is 12.1 Å². The Kier molecular flexibility index (Phi) is 164. The standard InChI is InChI=1S/C7H5NS.6CN.Fe.3K/c1-2-4-7-6(3-1)8-5-9-7;6*1-2;;;;/h1-5H;;;;;;;;;;/q;6*-1;+3;3*+1. The molecule has 1 radical (unpaired) electrons. The third kappa shape index (κ3) is 41.1. The van der Waals surface area contributed by atoms with Gasteiger partial charge in [0.05, 0.1) is 15.7 Å². The fraction of sp³-hybridized carbons (Fsp3) is 0. The van der Waals surface area contributed by atoms with Crippen LogP contribution in [0.4, 0.5) is 0 Å². The van der Waals surface area contributed by atoms with Crippen molar-refractivity contribution in [2.24, 2.45) is 0 Å². The fourth-order valence-corrected chi connectivity index (χ4v) is 1.48. The number of fused-ring (bicyclic) bond motifs is 1. The average molecular weight is 464 g/mol. The summed E-state index contributed by atoms with van der Waals surface area (Å²) in [6.45, 7) is 28.5. The van der Waals surface area contributed by atoms with Gasteiger partial charge in [0.25, 0.3) is 0 Å². The van der Waals surface area contributed by atoms with Crippen LogP contribution in [-0.2, 0) is 17.1 Å². The Morgan fingerprint density at radius 1 is 0.640 bits per heavy atom. The van der Waals surface area contributed by atoms with Gasteiger partial charge in [0.2, 0.25) is 0 Å². The summed E-state index contributed by atoms with van der Waals surface area (Å²) in [6.07, 6.45) is 0. The van der Waals surface area contributed by atoms with E-state index in [1.807, 2.05) is 23.7 Å². The monoisotopic (exact) mass is 464 g/mol. The third-order valence-corrected chi connectivity index (χ3v) is 2.05. The van der Waals surface area contributed by atoms with Gasteiger partial charge in [-0.25, -0.2) is 4.98 Å². The Bertz CT molecular complexity index is 488. The number of aromatic nitrogens is 1. The Hall–Kier alpha value is 1.48. The van der Waals surface area contributed by atoms with Gasteiger partial charge in [-0.1, -0.05) is 12.1 Å². The van der Waals surface area contributed by atoms with Crippen LogP contribution in [0.25, 0.3) is 10.2 Å². The minimum Gasteiger partial charge on any atom is -0.512 e. The first kappa shape index (κ1) is 56.3. The molecule has 1 aromatic carbocycles. The van der Waals surface area contributed by atoms with Gasteiger partial charge in [0, 0.05) is 0 Å². The molecule has 0 fully saturated rings. The van der Waals surface area contributed by atoms with Crippen molar-refractivity contribution in [1.82, 2.24) is 4.98 Å². The van der Waals surface area contributed by atoms with Crippen LogP contribution in [0.2, 0.25) is 0 Å². The Morgan fingerprint density at radius 2 is 0.960 bits per heavy atom. The summed E-state index contributed by atoms with van der Waals surface area (Å²) >= 11 is 1.68. The molecular formula is C13H5FeK3N7S. The van der Waals surface area contributed by atoms with Gasteiger partial charge in [-0.2, -0.15) is 0 Å². The van der Waals surface area contributed by atoms with Crippen LogP contribution in [0.3, 0.4) is 0 Å². The summed E-state index contributed by atoms with van der Waals surface area (Å²) in [5.74, 6) is 0. The number of hydrogen-bond acceptors (Lipinski definition) is 8. The van der Waals surface area contributed by atoms with Crippen LogP contribution in [0.15, 0.2) is 29.8 Å². The molecule has 25 heavy (non-hydrogen) atoms. The van der Waals surface area contributed by atoms with Gasteiger partial charge in [-0.15, -0.1) is 11.3 Å². The first-order valence-electron chi connectivity index (χ1n) is 4.09. The van der Waals surface area contributed by atoms with Crippen LogP contribution < -0.4 is 154 Å². The van der Waals surface area contributed by atoms with Gasteiger partial charge in [-0.3, -0.25) is 0 Å². The maximum absolute atomic E-state index is 6.25. The number of rotatable bonds is 0. The average Bonchev–Trinajstić information content (AvgIpc) is 3.14. The summed E-state index contributed by atoms with van der Waals surface area (Å²) in [6, 6.07) is 8.13. The number of thiazole rings is 1. The van der Waals surface area contributed by atoms with E-state index in [2.05, 4.69) is 11.1 Å². The number of nitrogens with zero attached hydrogens (tertiary/aromatic N) is 7. The molecular weight excluding hydrogens is 459 g/mol. The van der Waals surface area contributed by atoms with E-state index in [1.54, 1.807) is 11.3 Å². The molecule has 2 aromatic rings. The molecule has 0 saturated carbocycles. The summed E-state index contributed by atoms with van der Waals surface area (Å²) in [7, 11) is 0. The second-order valence-corrected chi connectivity index (χ2v) is 2.71. The van der Waals surface area contributed by atoms with E-state index in [9.17, 15) is 0 Å². The largest absolute Gasteiger partial charge is 3.00 e. The zero-order valence-electron chi connectivity index (χ0n) is 13.8. The molecule has 0 spiro atoms. The molecule has 0 N–H and O–H groups in total. The Labute approximate surface area is 291 Å². The topological polar surface area (TPSA) is 156 Å². The third-order valence-electron chi connectivity index (χ3n) is 1.24. The molecule has 2 rings (SSSR count). The van der Waals surface area contributed by atoms with E-state index in [0.717, 1.165) is 5.52 Å². The van der Waals surface area contributed by atoms with E-state index >= 15 is 0 Å². The number of hydrogen-bond donors (Lipinski definition) is 0. The molecule has 0 amide bonds. The van der Waals surface area contributed by atoms with Gasteiger partial charge in [0.1, 0.15) is 0 Å². The maximum Gasteiger partial charge on any atom is 3.00 e. The molecule has 0 aliphatic heterocycles.